The van der Waals surface area contributed by atoms with Crippen molar-refractivity contribution in [3.05, 3.63) is 0 Å². The standard InChI is InChI=1S/C14H22N2O3/c17-13(18)12-5-6-15(9-12)14(19)16(7-10-1-2-10)8-11-3-4-11/h10-12H,1-9H2,(H,17,18). The molecular weight excluding hydrogens is 244 g/mol. The van der Waals surface area contributed by atoms with Gasteiger partial charge in [0, 0.05) is 26.2 Å². The number of rotatable bonds is 5. The van der Waals surface area contributed by atoms with E-state index in [-0.39, 0.29) is 11.9 Å². The number of likely N-dealkylation sites (tertiary alicyclic amines) is 1. The molecule has 1 aliphatic heterocycles. The number of urea groups is 1. The monoisotopic (exact) mass is 266 g/mol. The first kappa shape index (κ1) is 12.8. The summed E-state index contributed by atoms with van der Waals surface area (Å²) in [6.45, 7) is 2.74. The third-order valence-corrected chi connectivity index (χ3v) is 4.43. The van der Waals surface area contributed by atoms with E-state index in [0.717, 1.165) is 13.1 Å². The van der Waals surface area contributed by atoms with Crippen LogP contribution in [0.2, 0.25) is 0 Å². The first-order valence-electron chi connectivity index (χ1n) is 7.40. The van der Waals surface area contributed by atoms with Crippen molar-refractivity contribution in [3.8, 4) is 0 Å². The molecule has 0 bridgehead atoms. The van der Waals surface area contributed by atoms with Gasteiger partial charge in [0.05, 0.1) is 5.92 Å². The Labute approximate surface area is 113 Å². The summed E-state index contributed by atoms with van der Waals surface area (Å²) in [5.41, 5.74) is 0. The lowest BCUT2D eigenvalue weighted by Gasteiger charge is -2.28. The predicted molar refractivity (Wildman–Crippen MR) is 69.7 cm³/mol. The Morgan fingerprint density at radius 2 is 1.63 bits per heavy atom. The van der Waals surface area contributed by atoms with E-state index in [9.17, 15) is 9.59 Å². The molecule has 106 valence electrons. The Morgan fingerprint density at radius 1 is 1.05 bits per heavy atom. The molecule has 19 heavy (non-hydrogen) atoms. The average Bonchev–Trinajstić information content (AvgIpc) is 3.29. The number of carbonyl (C=O) groups excluding carboxylic acids is 1. The lowest BCUT2D eigenvalue weighted by Crippen LogP contribution is -2.44. The molecule has 1 unspecified atom stereocenters. The van der Waals surface area contributed by atoms with Gasteiger partial charge in [-0.25, -0.2) is 4.79 Å². The summed E-state index contributed by atoms with van der Waals surface area (Å²) >= 11 is 0. The maximum atomic E-state index is 12.5. The Morgan fingerprint density at radius 3 is 2.05 bits per heavy atom. The quantitative estimate of drug-likeness (QED) is 0.822. The second-order valence-corrected chi connectivity index (χ2v) is 6.34. The molecule has 0 aromatic heterocycles. The zero-order valence-corrected chi connectivity index (χ0v) is 11.3. The molecule has 1 atom stereocenters. The summed E-state index contributed by atoms with van der Waals surface area (Å²) < 4.78 is 0. The molecule has 3 fully saturated rings. The van der Waals surface area contributed by atoms with Crippen molar-refractivity contribution in [2.24, 2.45) is 17.8 Å². The van der Waals surface area contributed by atoms with Crippen molar-refractivity contribution in [2.75, 3.05) is 26.2 Å². The highest BCUT2D eigenvalue weighted by atomic mass is 16.4. The van der Waals surface area contributed by atoms with Crippen LogP contribution in [0.3, 0.4) is 0 Å². The molecule has 0 spiro atoms. The van der Waals surface area contributed by atoms with Gasteiger partial charge >= 0.3 is 12.0 Å². The first-order valence-corrected chi connectivity index (χ1v) is 7.40. The van der Waals surface area contributed by atoms with Crippen LogP contribution < -0.4 is 0 Å². The lowest BCUT2D eigenvalue weighted by molar-refractivity contribution is -0.141. The van der Waals surface area contributed by atoms with Crippen LogP contribution in [0, 0.1) is 17.8 Å². The van der Waals surface area contributed by atoms with Crippen LogP contribution >= 0.6 is 0 Å². The molecule has 0 aromatic rings. The van der Waals surface area contributed by atoms with Crippen molar-refractivity contribution in [1.29, 1.82) is 0 Å². The van der Waals surface area contributed by atoms with Crippen LogP contribution in [-0.4, -0.2) is 53.1 Å². The minimum absolute atomic E-state index is 0.0718. The fraction of sp³-hybridized carbons (Fsp3) is 0.857. The zero-order valence-electron chi connectivity index (χ0n) is 11.3. The summed E-state index contributed by atoms with van der Waals surface area (Å²) in [6, 6.07) is 0.0718. The molecule has 2 aliphatic carbocycles. The lowest BCUT2D eigenvalue weighted by atomic mass is 10.1. The SMILES string of the molecule is O=C(O)C1CCN(C(=O)N(CC2CC2)CC2CC2)C1. The Hall–Kier alpha value is -1.26. The number of nitrogens with zero attached hydrogens (tertiary/aromatic N) is 2. The van der Waals surface area contributed by atoms with Gasteiger partial charge in [0.15, 0.2) is 0 Å². The number of carboxylic acid groups (broad SMARTS) is 1. The molecule has 5 nitrogen and oxygen atoms in total. The number of hydrogen-bond donors (Lipinski definition) is 1. The van der Waals surface area contributed by atoms with E-state index in [1.165, 1.54) is 25.7 Å². The van der Waals surface area contributed by atoms with Crippen LogP contribution in [-0.2, 0) is 4.79 Å². The topological polar surface area (TPSA) is 60.9 Å². The van der Waals surface area contributed by atoms with Gasteiger partial charge < -0.3 is 14.9 Å². The number of hydrogen-bond acceptors (Lipinski definition) is 2. The van der Waals surface area contributed by atoms with Gasteiger partial charge in [-0.15, -0.1) is 0 Å². The number of carboxylic acids is 1. The van der Waals surface area contributed by atoms with E-state index >= 15 is 0 Å². The normalized spacial score (nSPS) is 26.5. The van der Waals surface area contributed by atoms with Gasteiger partial charge in [-0.3, -0.25) is 4.79 Å². The highest BCUT2D eigenvalue weighted by molar-refractivity contribution is 5.77. The fourth-order valence-corrected chi connectivity index (χ4v) is 2.79. The molecule has 2 saturated carbocycles. The van der Waals surface area contributed by atoms with E-state index in [4.69, 9.17) is 5.11 Å². The summed E-state index contributed by atoms with van der Waals surface area (Å²) in [7, 11) is 0. The van der Waals surface area contributed by atoms with Gasteiger partial charge in [0.1, 0.15) is 0 Å². The first-order chi connectivity index (χ1) is 9.13. The van der Waals surface area contributed by atoms with E-state index < -0.39 is 5.97 Å². The molecule has 5 heteroatoms. The highest BCUT2D eigenvalue weighted by Gasteiger charge is 2.36. The minimum atomic E-state index is -0.772. The van der Waals surface area contributed by atoms with E-state index in [2.05, 4.69) is 0 Å². The largest absolute Gasteiger partial charge is 0.481 e. The summed E-state index contributed by atoms with van der Waals surface area (Å²) in [6.07, 6.45) is 5.57. The fourth-order valence-electron chi connectivity index (χ4n) is 2.79. The molecule has 1 saturated heterocycles. The van der Waals surface area contributed by atoms with Gasteiger partial charge in [-0.1, -0.05) is 0 Å². The Balaban J connectivity index is 1.57. The summed E-state index contributed by atoms with van der Waals surface area (Å²) in [4.78, 5) is 27.2. The van der Waals surface area contributed by atoms with E-state index in [1.54, 1.807) is 4.90 Å². The highest BCUT2D eigenvalue weighted by Crippen LogP contribution is 2.34. The average molecular weight is 266 g/mol. The Kier molecular flexibility index (Phi) is 3.37. The van der Waals surface area contributed by atoms with Crippen LogP contribution in [0.5, 0.6) is 0 Å². The minimum Gasteiger partial charge on any atom is -0.481 e. The van der Waals surface area contributed by atoms with Crippen molar-refractivity contribution in [1.82, 2.24) is 9.80 Å². The molecule has 1 heterocycles. The van der Waals surface area contributed by atoms with Crippen molar-refractivity contribution >= 4 is 12.0 Å². The zero-order chi connectivity index (χ0) is 13.4. The van der Waals surface area contributed by atoms with E-state index in [0.29, 0.717) is 31.3 Å². The van der Waals surface area contributed by atoms with Crippen molar-refractivity contribution < 1.29 is 14.7 Å². The molecule has 3 aliphatic rings. The third-order valence-electron chi connectivity index (χ3n) is 4.43. The summed E-state index contributed by atoms with van der Waals surface area (Å²) in [5.74, 6) is 0.250. The van der Waals surface area contributed by atoms with Crippen LogP contribution in [0.4, 0.5) is 4.79 Å². The Bertz CT molecular complexity index is 363. The maximum absolute atomic E-state index is 12.5. The second-order valence-electron chi connectivity index (χ2n) is 6.34. The number of aliphatic carboxylic acids is 1. The van der Waals surface area contributed by atoms with Crippen molar-refractivity contribution in [3.63, 3.8) is 0 Å². The molecule has 0 radical (unpaired) electrons. The maximum Gasteiger partial charge on any atom is 0.320 e. The van der Waals surface area contributed by atoms with E-state index in [1.807, 2.05) is 4.90 Å². The van der Waals surface area contributed by atoms with Gasteiger partial charge in [0.2, 0.25) is 0 Å². The van der Waals surface area contributed by atoms with Crippen LogP contribution in [0.25, 0.3) is 0 Å². The van der Waals surface area contributed by atoms with Crippen LogP contribution in [0.1, 0.15) is 32.1 Å². The van der Waals surface area contributed by atoms with Gasteiger partial charge in [-0.05, 0) is 43.9 Å². The third kappa shape index (κ3) is 3.19. The van der Waals surface area contributed by atoms with Gasteiger partial charge in [-0.2, -0.15) is 0 Å². The smallest absolute Gasteiger partial charge is 0.320 e. The van der Waals surface area contributed by atoms with Gasteiger partial charge in [0.25, 0.3) is 0 Å². The number of amides is 2. The molecule has 3 rings (SSSR count). The molecular formula is C14H22N2O3. The number of carbonyl (C=O) groups is 2. The summed E-state index contributed by atoms with van der Waals surface area (Å²) in [5, 5.41) is 9.01. The predicted octanol–water partition coefficient (Wildman–Crippen LogP) is 1.63. The molecule has 2 amide bonds. The second kappa shape index (κ2) is 5.02. The molecule has 0 aromatic carbocycles. The van der Waals surface area contributed by atoms with Crippen molar-refractivity contribution in [2.45, 2.75) is 32.1 Å². The van der Waals surface area contributed by atoms with Crippen LogP contribution in [0.15, 0.2) is 0 Å². The molecule has 1 N–H and O–H groups in total.